The van der Waals surface area contributed by atoms with Crippen LogP contribution in [0.5, 0.6) is 0 Å². The van der Waals surface area contributed by atoms with Crippen LogP contribution in [0.15, 0.2) is 24.3 Å². The topological polar surface area (TPSA) is 18.5 Å². The van der Waals surface area contributed by atoms with Crippen molar-refractivity contribution < 1.29 is 9.47 Å². The Balaban J connectivity index is 2.45. The minimum Gasteiger partial charge on any atom is -0.352 e. The molecule has 0 saturated carbocycles. The van der Waals surface area contributed by atoms with Gasteiger partial charge >= 0.3 is 0 Å². The Hall–Kier alpha value is -0.570. The summed E-state index contributed by atoms with van der Waals surface area (Å²) in [7, 11) is 1.66. The average Bonchev–Trinajstić information content (AvgIpc) is 2.35. The third-order valence-electron chi connectivity index (χ3n) is 2.93. The molecule has 0 heterocycles. The summed E-state index contributed by atoms with van der Waals surface area (Å²) in [6.45, 7) is 5.14. The number of methoxy groups -OCH3 is 1. The summed E-state index contributed by atoms with van der Waals surface area (Å²) in [6, 6.07) is 7.56. The molecule has 1 rings (SSSR count). The molecule has 2 nitrogen and oxygen atoms in total. The van der Waals surface area contributed by atoms with E-state index in [0.29, 0.717) is 5.92 Å². The van der Waals surface area contributed by atoms with Gasteiger partial charge in [-0.05, 0) is 24.5 Å². The highest BCUT2D eigenvalue weighted by atomic mass is 35.5. The van der Waals surface area contributed by atoms with Crippen molar-refractivity contribution in [3.8, 4) is 0 Å². The van der Waals surface area contributed by atoms with Gasteiger partial charge in [0.1, 0.15) is 0 Å². The lowest BCUT2D eigenvalue weighted by Crippen LogP contribution is -2.09. The highest BCUT2D eigenvalue weighted by Gasteiger charge is 2.11. The standard InChI is InChI=1S/C14H21ClO2/c1-4-11(2)9-10-17-14(16-3)12-5-7-13(15)8-6-12/h5-8,11,14H,4,9-10H2,1-3H3. The molecule has 0 N–H and O–H groups in total. The Labute approximate surface area is 109 Å². The smallest absolute Gasteiger partial charge is 0.183 e. The maximum absolute atomic E-state index is 5.84. The molecule has 17 heavy (non-hydrogen) atoms. The number of rotatable bonds is 7. The maximum Gasteiger partial charge on any atom is 0.183 e. The first-order chi connectivity index (χ1) is 8.17. The Kier molecular flexibility index (Phi) is 6.56. The first-order valence-electron chi connectivity index (χ1n) is 6.07. The Bertz CT molecular complexity index is 311. The highest BCUT2D eigenvalue weighted by Crippen LogP contribution is 2.21. The lowest BCUT2D eigenvalue weighted by Gasteiger charge is -2.18. The van der Waals surface area contributed by atoms with E-state index < -0.39 is 0 Å². The fourth-order valence-corrected chi connectivity index (χ4v) is 1.63. The molecule has 0 aliphatic heterocycles. The van der Waals surface area contributed by atoms with Crippen LogP contribution in [0.2, 0.25) is 5.02 Å². The molecule has 3 heteroatoms. The van der Waals surface area contributed by atoms with Crippen LogP contribution in [0, 0.1) is 5.92 Å². The largest absolute Gasteiger partial charge is 0.352 e. The fourth-order valence-electron chi connectivity index (χ4n) is 1.50. The fraction of sp³-hybridized carbons (Fsp3) is 0.571. The van der Waals surface area contributed by atoms with Crippen molar-refractivity contribution in [3.63, 3.8) is 0 Å². The van der Waals surface area contributed by atoms with Gasteiger partial charge in [-0.2, -0.15) is 0 Å². The monoisotopic (exact) mass is 256 g/mol. The molecule has 0 radical (unpaired) electrons. The molecule has 0 spiro atoms. The molecular formula is C14H21ClO2. The van der Waals surface area contributed by atoms with Crippen LogP contribution in [0.1, 0.15) is 38.5 Å². The molecule has 2 atom stereocenters. The molecule has 0 bridgehead atoms. The van der Waals surface area contributed by atoms with Crippen molar-refractivity contribution in [2.24, 2.45) is 5.92 Å². The van der Waals surface area contributed by atoms with E-state index in [-0.39, 0.29) is 6.29 Å². The molecule has 0 fully saturated rings. The Morgan fingerprint density at radius 1 is 1.24 bits per heavy atom. The Morgan fingerprint density at radius 2 is 1.88 bits per heavy atom. The summed E-state index contributed by atoms with van der Waals surface area (Å²) in [5.74, 6) is 0.692. The molecule has 0 aliphatic carbocycles. The van der Waals surface area contributed by atoms with Gasteiger partial charge in [-0.15, -0.1) is 0 Å². The van der Waals surface area contributed by atoms with E-state index in [1.807, 2.05) is 24.3 Å². The third-order valence-corrected chi connectivity index (χ3v) is 3.19. The third kappa shape index (κ3) is 5.07. The molecule has 0 amide bonds. The molecule has 96 valence electrons. The average molecular weight is 257 g/mol. The second kappa shape index (κ2) is 7.70. The van der Waals surface area contributed by atoms with Gasteiger partial charge in [-0.3, -0.25) is 0 Å². The quantitative estimate of drug-likeness (QED) is 0.672. The van der Waals surface area contributed by atoms with Crippen molar-refractivity contribution in [3.05, 3.63) is 34.9 Å². The minimum atomic E-state index is -0.295. The SMILES string of the molecule is CCC(C)CCOC(OC)c1ccc(Cl)cc1. The molecule has 1 aromatic rings. The minimum absolute atomic E-state index is 0.295. The zero-order valence-electron chi connectivity index (χ0n) is 10.8. The number of hydrogen-bond acceptors (Lipinski definition) is 2. The summed E-state index contributed by atoms with van der Waals surface area (Å²) in [5.41, 5.74) is 1.00. The lowest BCUT2D eigenvalue weighted by molar-refractivity contribution is -0.130. The lowest BCUT2D eigenvalue weighted by atomic mass is 10.1. The summed E-state index contributed by atoms with van der Waals surface area (Å²) in [5, 5.41) is 0.725. The molecule has 0 aliphatic rings. The van der Waals surface area contributed by atoms with Crippen LogP contribution < -0.4 is 0 Å². The second-order valence-electron chi connectivity index (χ2n) is 4.29. The van der Waals surface area contributed by atoms with Gasteiger partial charge in [0.25, 0.3) is 0 Å². The number of benzene rings is 1. The van der Waals surface area contributed by atoms with Crippen molar-refractivity contribution in [2.75, 3.05) is 13.7 Å². The molecule has 1 aromatic carbocycles. The van der Waals surface area contributed by atoms with Gasteiger partial charge in [0.2, 0.25) is 0 Å². The van der Waals surface area contributed by atoms with Crippen molar-refractivity contribution in [2.45, 2.75) is 33.0 Å². The van der Waals surface area contributed by atoms with Crippen LogP contribution >= 0.6 is 11.6 Å². The normalized spacial score (nSPS) is 14.6. The highest BCUT2D eigenvalue weighted by molar-refractivity contribution is 6.30. The van der Waals surface area contributed by atoms with E-state index in [2.05, 4.69) is 13.8 Å². The van der Waals surface area contributed by atoms with E-state index in [1.165, 1.54) is 6.42 Å². The van der Waals surface area contributed by atoms with Gasteiger partial charge in [0.15, 0.2) is 6.29 Å². The predicted octanol–water partition coefficient (Wildman–Crippen LogP) is 4.44. The van der Waals surface area contributed by atoms with Gasteiger partial charge in [-0.1, -0.05) is 44.0 Å². The van der Waals surface area contributed by atoms with E-state index in [0.717, 1.165) is 23.6 Å². The summed E-state index contributed by atoms with van der Waals surface area (Å²) in [4.78, 5) is 0. The van der Waals surface area contributed by atoms with Gasteiger partial charge < -0.3 is 9.47 Å². The second-order valence-corrected chi connectivity index (χ2v) is 4.73. The number of ether oxygens (including phenoxy) is 2. The van der Waals surface area contributed by atoms with Crippen LogP contribution in [-0.2, 0) is 9.47 Å². The molecular weight excluding hydrogens is 236 g/mol. The van der Waals surface area contributed by atoms with Crippen LogP contribution in [-0.4, -0.2) is 13.7 Å². The van der Waals surface area contributed by atoms with Gasteiger partial charge in [0, 0.05) is 17.7 Å². The van der Waals surface area contributed by atoms with Gasteiger partial charge in [-0.25, -0.2) is 0 Å². The molecule has 0 aromatic heterocycles. The van der Waals surface area contributed by atoms with Crippen molar-refractivity contribution in [1.82, 2.24) is 0 Å². The zero-order valence-corrected chi connectivity index (χ0v) is 11.5. The van der Waals surface area contributed by atoms with E-state index in [1.54, 1.807) is 7.11 Å². The molecule has 0 saturated heterocycles. The summed E-state index contributed by atoms with van der Waals surface area (Å²) in [6.07, 6.45) is 1.95. The number of halogens is 1. The van der Waals surface area contributed by atoms with Crippen molar-refractivity contribution >= 4 is 11.6 Å². The van der Waals surface area contributed by atoms with Crippen LogP contribution in [0.4, 0.5) is 0 Å². The first-order valence-corrected chi connectivity index (χ1v) is 6.45. The predicted molar refractivity (Wildman–Crippen MR) is 71.2 cm³/mol. The van der Waals surface area contributed by atoms with Gasteiger partial charge in [0.05, 0.1) is 6.61 Å². The van der Waals surface area contributed by atoms with Crippen LogP contribution in [0.25, 0.3) is 0 Å². The van der Waals surface area contributed by atoms with E-state index in [4.69, 9.17) is 21.1 Å². The van der Waals surface area contributed by atoms with E-state index in [9.17, 15) is 0 Å². The van der Waals surface area contributed by atoms with Crippen LogP contribution in [0.3, 0.4) is 0 Å². The summed E-state index contributed by atoms with van der Waals surface area (Å²) >= 11 is 5.84. The summed E-state index contributed by atoms with van der Waals surface area (Å²) < 4.78 is 11.1. The number of hydrogen-bond donors (Lipinski definition) is 0. The maximum atomic E-state index is 5.84. The zero-order chi connectivity index (χ0) is 12.7. The Morgan fingerprint density at radius 3 is 2.41 bits per heavy atom. The van der Waals surface area contributed by atoms with E-state index >= 15 is 0 Å². The molecule has 2 unspecified atom stereocenters. The van der Waals surface area contributed by atoms with Crippen molar-refractivity contribution in [1.29, 1.82) is 0 Å². The first kappa shape index (κ1) is 14.5.